The average Bonchev–Trinajstić information content (AvgIpc) is 2.16. The molecule has 0 saturated heterocycles. The van der Waals surface area contributed by atoms with Gasteiger partial charge >= 0.3 is 0 Å². The summed E-state index contributed by atoms with van der Waals surface area (Å²) in [6, 6.07) is 7.60. The fraction of sp³-hybridized carbons (Fsp3) is 0.182. The SMILES string of the molecule is CC(N)c1cc(Cl)cc2cccnc12. The second kappa shape index (κ2) is 3.56. The first-order valence-electron chi connectivity index (χ1n) is 4.48. The number of rotatable bonds is 1. The molecule has 2 N–H and O–H groups in total. The largest absolute Gasteiger partial charge is 0.324 e. The highest BCUT2D eigenvalue weighted by molar-refractivity contribution is 6.31. The minimum absolute atomic E-state index is 0.0499. The number of aromatic nitrogens is 1. The lowest BCUT2D eigenvalue weighted by Crippen LogP contribution is -2.06. The maximum Gasteiger partial charge on any atom is 0.0750 e. The third kappa shape index (κ3) is 1.59. The molecule has 0 saturated carbocycles. The van der Waals surface area contributed by atoms with Crippen LogP contribution in [0.1, 0.15) is 18.5 Å². The lowest BCUT2D eigenvalue weighted by molar-refractivity contribution is 0.824. The summed E-state index contributed by atoms with van der Waals surface area (Å²) in [5.41, 5.74) is 7.78. The Hall–Kier alpha value is -1.12. The molecule has 2 nitrogen and oxygen atoms in total. The van der Waals surface area contributed by atoms with E-state index in [0.717, 1.165) is 16.5 Å². The van der Waals surface area contributed by atoms with Gasteiger partial charge in [-0.2, -0.15) is 0 Å². The standard InChI is InChI=1S/C11H11ClN2/c1-7(13)10-6-9(12)5-8-3-2-4-14-11(8)10/h2-7H,13H2,1H3. The number of fused-ring (bicyclic) bond motifs is 1. The molecule has 72 valence electrons. The van der Waals surface area contributed by atoms with Crippen LogP contribution in [0.5, 0.6) is 0 Å². The van der Waals surface area contributed by atoms with Gasteiger partial charge in [-0.1, -0.05) is 17.7 Å². The van der Waals surface area contributed by atoms with Crippen LogP contribution in [0.25, 0.3) is 10.9 Å². The summed E-state index contributed by atoms with van der Waals surface area (Å²) in [5, 5.41) is 1.74. The second-order valence-corrected chi connectivity index (χ2v) is 3.80. The van der Waals surface area contributed by atoms with Crippen molar-refractivity contribution in [2.24, 2.45) is 5.73 Å². The zero-order chi connectivity index (χ0) is 10.1. The van der Waals surface area contributed by atoms with Crippen LogP contribution in [0.2, 0.25) is 5.02 Å². The van der Waals surface area contributed by atoms with Gasteiger partial charge in [0.05, 0.1) is 5.52 Å². The van der Waals surface area contributed by atoms with E-state index in [1.807, 2.05) is 31.2 Å². The van der Waals surface area contributed by atoms with E-state index in [0.29, 0.717) is 5.02 Å². The van der Waals surface area contributed by atoms with Crippen LogP contribution in [-0.4, -0.2) is 4.98 Å². The summed E-state index contributed by atoms with van der Waals surface area (Å²) in [4.78, 5) is 4.30. The van der Waals surface area contributed by atoms with Gasteiger partial charge in [0.2, 0.25) is 0 Å². The summed E-state index contributed by atoms with van der Waals surface area (Å²) in [7, 11) is 0. The summed E-state index contributed by atoms with van der Waals surface area (Å²) in [6.45, 7) is 1.93. The molecule has 1 atom stereocenters. The Balaban J connectivity index is 2.80. The molecule has 1 unspecified atom stereocenters. The van der Waals surface area contributed by atoms with Crippen molar-refractivity contribution >= 4 is 22.5 Å². The number of hydrogen-bond donors (Lipinski definition) is 1. The Kier molecular flexibility index (Phi) is 2.40. The molecule has 0 aliphatic heterocycles. The maximum atomic E-state index is 5.98. The van der Waals surface area contributed by atoms with Crippen LogP contribution in [-0.2, 0) is 0 Å². The van der Waals surface area contributed by atoms with E-state index in [1.165, 1.54) is 0 Å². The number of halogens is 1. The number of hydrogen-bond acceptors (Lipinski definition) is 2. The van der Waals surface area contributed by atoms with Gasteiger partial charge in [-0.15, -0.1) is 0 Å². The lowest BCUT2D eigenvalue weighted by atomic mass is 10.0. The Bertz CT molecular complexity index is 466. The fourth-order valence-corrected chi connectivity index (χ4v) is 1.76. The minimum Gasteiger partial charge on any atom is -0.324 e. The van der Waals surface area contributed by atoms with E-state index in [2.05, 4.69) is 4.98 Å². The monoisotopic (exact) mass is 206 g/mol. The first-order valence-corrected chi connectivity index (χ1v) is 4.86. The molecule has 0 amide bonds. The molecule has 0 aliphatic carbocycles. The Morgan fingerprint density at radius 3 is 2.93 bits per heavy atom. The van der Waals surface area contributed by atoms with Crippen molar-refractivity contribution in [2.45, 2.75) is 13.0 Å². The van der Waals surface area contributed by atoms with Crippen LogP contribution in [0, 0.1) is 0 Å². The third-order valence-corrected chi connectivity index (χ3v) is 2.41. The van der Waals surface area contributed by atoms with Crippen LogP contribution in [0.3, 0.4) is 0 Å². The van der Waals surface area contributed by atoms with E-state index in [1.54, 1.807) is 6.20 Å². The van der Waals surface area contributed by atoms with Crippen molar-refractivity contribution < 1.29 is 0 Å². The maximum absolute atomic E-state index is 5.98. The predicted molar refractivity (Wildman–Crippen MR) is 59.4 cm³/mol. The summed E-state index contributed by atoms with van der Waals surface area (Å²) in [6.07, 6.45) is 1.77. The van der Waals surface area contributed by atoms with Crippen molar-refractivity contribution in [3.8, 4) is 0 Å². The van der Waals surface area contributed by atoms with Gasteiger partial charge in [0.1, 0.15) is 0 Å². The molecular weight excluding hydrogens is 196 g/mol. The molecule has 3 heteroatoms. The van der Waals surface area contributed by atoms with Crippen molar-refractivity contribution in [3.63, 3.8) is 0 Å². The normalized spacial score (nSPS) is 13.1. The molecule has 0 bridgehead atoms. The number of benzene rings is 1. The van der Waals surface area contributed by atoms with Gasteiger partial charge in [0, 0.05) is 22.6 Å². The van der Waals surface area contributed by atoms with Crippen LogP contribution in [0.4, 0.5) is 0 Å². The molecule has 0 aliphatic rings. The number of nitrogens with two attached hydrogens (primary N) is 1. The molecule has 0 spiro atoms. The van der Waals surface area contributed by atoms with E-state index < -0.39 is 0 Å². The van der Waals surface area contributed by atoms with Crippen molar-refractivity contribution in [2.75, 3.05) is 0 Å². The minimum atomic E-state index is -0.0499. The molecule has 1 heterocycles. The number of pyridine rings is 1. The predicted octanol–water partition coefficient (Wildman–Crippen LogP) is 2.91. The highest BCUT2D eigenvalue weighted by atomic mass is 35.5. The molecule has 0 fully saturated rings. The zero-order valence-electron chi connectivity index (χ0n) is 7.87. The van der Waals surface area contributed by atoms with Crippen molar-refractivity contribution in [1.82, 2.24) is 4.98 Å². The molecule has 14 heavy (non-hydrogen) atoms. The molecule has 1 aromatic heterocycles. The van der Waals surface area contributed by atoms with E-state index in [9.17, 15) is 0 Å². The Morgan fingerprint density at radius 2 is 2.21 bits per heavy atom. The van der Waals surface area contributed by atoms with Gasteiger partial charge in [-0.3, -0.25) is 4.98 Å². The second-order valence-electron chi connectivity index (χ2n) is 3.36. The molecular formula is C11H11ClN2. The molecule has 2 rings (SSSR count). The molecule has 1 aromatic carbocycles. The van der Waals surface area contributed by atoms with Crippen molar-refractivity contribution in [3.05, 3.63) is 41.0 Å². The van der Waals surface area contributed by atoms with Gasteiger partial charge in [-0.05, 0) is 30.7 Å². The zero-order valence-corrected chi connectivity index (χ0v) is 8.62. The highest BCUT2D eigenvalue weighted by Gasteiger charge is 2.07. The van der Waals surface area contributed by atoms with E-state index in [4.69, 9.17) is 17.3 Å². The molecule has 0 radical (unpaired) electrons. The highest BCUT2D eigenvalue weighted by Crippen LogP contribution is 2.25. The summed E-state index contributed by atoms with van der Waals surface area (Å²) < 4.78 is 0. The van der Waals surface area contributed by atoms with Crippen LogP contribution < -0.4 is 5.73 Å². The third-order valence-electron chi connectivity index (χ3n) is 2.19. The quantitative estimate of drug-likeness (QED) is 0.779. The van der Waals surface area contributed by atoms with Gasteiger partial charge in [0.25, 0.3) is 0 Å². The summed E-state index contributed by atoms with van der Waals surface area (Å²) in [5.74, 6) is 0. The van der Waals surface area contributed by atoms with E-state index >= 15 is 0 Å². The Labute approximate surface area is 87.7 Å². The lowest BCUT2D eigenvalue weighted by Gasteiger charge is -2.09. The van der Waals surface area contributed by atoms with E-state index in [-0.39, 0.29) is 6.04 Å². The van der Waals surface area contributed by atoms with Crippen LogP contribution in [0.15, 0.2) is 30.5 Å². The number of nitrogens with zero attached hydrogens (tertiary/aromatic N) is 1. The molecule has 2 aromatic rings. The van der Waals surface area contributed by atoms with Gasteiger partial charge in [-0.25, -0.2) is 0 Å². The van der Waals surface area contributed by atoms with Crippen molar-refractivity contribution in [1.29, 1.82) is 0 Å². The Morgan fingerprint density at radius 1 is 1.43 bits per heavy atom. The van der Waals surface area contributed by atoms with Gasteiger partial charge < -0.3 is 5.73 Å². The average molecular weight is 207 g/mol. The summed E-state index contributed by atoms with van der Waals surface area (Å²) >= 11 is 5.98. The fourth-order valence-electron chi connectivity index (χ4n) is 1.53. The smallest absolute Gasteiger partial charge is 0.0750 e. The van der Waals surface area contributed by atoms with Gasteiger partial charge in [0.15, 0.2) is 0 Å². The topological polar surface area (TPSA) is 38.9 Å². The van der Waals surface area contributed by atoms with Crippen LogP contribution >= 0.6 is 11.6 Å². The first-order chi connectivity index (χ1) is 6.68. The first kappa shape index (κ1) is 9.44.